The zero-order valence-corrected chi connectivity index (χ0v) is 10.5. The Morgan fingerprint density at radius 3 is 2.79 bits per heavy atom. The second-order valence-corrected chi connectivity index (χ2v) is 3.73. The second-order valence-electron chi connectivity index (χ2n) is 3.73. The van der Waals surface area contributed by atoms with E-state index >= 15 is 0 Å². The van der Waals surface area contributed by atoms with Gasteiger partial charge in [0.1, 0.15) is 11.7 Å². The summed E-state index contributed by atoms with van der Waals surface area (Å²) in [6.45, 7) is 1.75. The zero-order chi connectivity index (χ0) is 14.4. The second kappa shape index (κ2) is 6.35. The number of esters is 1. The fraction of sp³-hybridized carbons (Fsp3) is 0.333. The van der Waals surface area contributed by atoms with Crippen molar-refractivity contribution in [3.8, 4) is 6.07 Å². The molecular formula is C12H13N3O4. The quantitative estimate of drug-likeness (QED) is 0.493. The number of carbonyl (C=O) groups is 1. The summed E-state index contributed by atoms with van der Waals surface area (Å²) in [5.41, 5.74) is 0.117. The highest BCUT2D eigenvalue weighted by Crippen LogP contribution is 2.26. The van der Waals surface area contributed by atoms with Gasteiger partial charge in [0.2, 0.25) is 0 Å². The molecule has 1 N–H and O–H groups in total. The van der Waals surface area contributed by atoms with Gasteiger partial charge in [-0.2, -0.15) is 5.26 Å². The van der Waals surface area contributed by atoms with Crippen molar-refractivity contribution in [3.63, 3.8) is 0 Å². The Hall–Kier alpha value is -2.62. The van der Waals surface area contributed by atoms with Crippen molar-refractivity contribution >= 4 is 17.3 Å². The molecule has 0 saturated heterocycles. The molecule has 0 aliphatic carbocycles. The number of rotatable bonds is 5. The van der Waals surface area contributed by atoms with E-state index in [1.165, 1.54) is 19.2 Å². The molecule has 100 valence electrons. The molecule has 1 unspecified atom stereocenters. The van der Waals surface area contributed by atoms with Crippen molar-refractivity contribution in [1.29, 1.82) is 5.26 Å². The first kappa shape index (κ1) is 14.4. The molecule has 0 bridgehead atoms. The lowest BCUT2D eigenvalue weighted by atomic mass is 10.1. The summed E-state index contributed by atoms with van der Waals surface area (Å²) in [6, 6.07) is 5.16. The first-order valence-electron chi connectivity index (χ1n) is 5.56. The van der Waals surface area contributed by atoms with E-state index in [-0.39, 0.29) is 16.9 Å². The Morgan fingerprint density at radius 1 is 1.63 bits per heavy atom. The smallest absolute Gasteiger partial charge is 0.328 e. The van der Waals surface area contributed by atoms with Gasteiger partial charge in [0.25, 0.3) is 5.69 Å². The van der Waals surface area contributed by atoms with Gasteiger partial charge in [0, 0.05) is 6.07 Å². The predicted octanol–water partition coefficient (Wildman–Crippen LogP) is 1.83. The highest BCUT2D eigenvalue weighted by molar-refractivity contribution is 5.80. The van der Waals surface area contributed by atoms with Crippen molar-refractivity contribution in [2.45, 2.75) is 19.4 Å². The molecule has 0 radical (unpaired) electrons. The third-order valence-corrected chi connectivity index (χ3v) is 2.55. The number of nitro groups is 1. The molecule has 0 aromatic heterocycles. The maximum atomic E-state index is 11.4. The van der Waals surface area contributed by atoms with Crippen LogP contribution in [0.4, 0.5) is 11.4 Å². The lowest BCUT2D eigenvalue weighted by Gasteiger charge is -2.15. The van der Waals surface area contributed by atoms with Gasteiger partial charge in [-0.3, -0.25) is 10.1 Å². The largest absolute Gasteiger partial charge is 0.467 e. The summed E-state index contributed by atoms with van der Waals surface area (Å²) in [4.78, 5) is 21.8. The van der Waals surface area contributed by atoms with Gasteiger partial charge in [0.15, 0.2) is 0 Å². The van der Waals surface area contributed by atoms with Crippen LogP contribution in [0.5, 0.6) is 0 Å². The van der Waals surface area contributed by atoms with Gasteiger partial charge < -0.3 is 10.1 Å². The Labute approximate surface area is 109 Å². The van der Waals surface area contributed by atoms with Crippen LogP contribution in [0.3, 0.4) is 0 Å². The number of nitriles is 1. The molecular weight excluding hydrogens is 250 g/mol. The van der Waals surface area contributed by atoms with E-state index in [1.54, 1.807) is 6.92 Å². The number of anilines is 1. The molecule has 0 amide bonds. The molecule has 7 heteroatoms. The minimum atomic E-state index is -0.670. The zero-order valence-electron chi connectivity index (χ0n) is 10.5. The minimum absolute atomic E-state index is 0.182. The van der Waals surface area contributed by atoms with E-state index < -0.39 is 16.9 Å². The molecule has 0 saturated carbocycles. The van der Waals surface area contributed by atoms with Gasteiger partial charge in [0.05, 0.1) is 23.7 Å². The molecule has 1 rings (SSSR count). The highest BCUT2D eigenvalue weighted by Gasteiger charge is 2.22. The number of ether oxygens (including phenoxy) is 1. The van der Waals surface area contributed by atoms with Crippen molar-refractivity contribution < 1.29 is 14.5 Å². The number of nitro benzene ring substituents is 1. The fourth-order valence-corrected chi connectivity index (χ4v) is 1.53. The summed E-state index contributed by atoms with van der Waals surface area (Å²) >= 11 is 0. The standard InChI is InChI=1S/C12H13N3O4/c1-3-9(12(16)19-2)14-10-5-4-8(7-13)6-11(10)15(17)18/h4-6,9,14H,3H2,1-2H3. The normalized spacial score (nSPS) is 11.2. The molecule has 1 aromatic carbocycles. The molecule has 19 heavy (non-hydrogen) atoms. The molecule has 7 nitrogen and oxygen atoms in total. The highest BCUT2D eigenvalue weighted by atomic mass is 16.6. The van der Waals surface area contributed by atoms with Crippen LogP contribution in [0.2, 0.25) is 0 Å². The van der Waals surface area contributed by atoms with E-state index in [9.17, 15) is 14.9 Å². The minimum Gasteiger partial charge on any atom is -0.467 e. The van der Waals surface area contributed by atoms with Crippen LogP contribution in [-0.4, -0.2) is 24.0 Å². The van der Waals surface area contributed by atoms with Crippen LogP contribution in [0.15, 0.2) is 18.2 Å². The maximum Gasteiger partial charge on any atom is 0.328 e. The lowest BCUT2D eigenvalue weighted by Crippen LogP contribution is -2.30. The lowest BCUT2D eigenvalue weighted by molar-refractivity contribution is -0.384. The fourth-order valence-electron chi connectivity index (χ4n) is 1.53. The third kappa shape index (κ3) is 3.42. The van der Waals surface area contributed by atoms with E-state index in [1.807, 2.05) is 6.07 Å². The number of nitrogens with one attached hydrogen (secondary N) is 1. The van der Waals surface area contributed by atoms with Crippen molar-refractivity contribution in [2.75, 3.05) is 12.4 Å². The molecule has 0 fully saturated rings. The molecule has 0 heterocycles. The average molecular weight is 263 g/mol. The van der Waals surface area contributed by atoms with Crippen molar-refractivity contribution in [1.82, 2.24) is 0 Å². The van der Waals surface area contributed by atoms with E-state index in [0.717, 1.165) is 6.07 Å². The van der Waals surface area contributed by atoms with Crippen LogP contribution in [-0.2, 0) is 9.53 Å². The monoisotopic (exact) mass is 263 g/mol. The third-order valence-electron chi connectivity index (χ3n) is 2.55. The number of benzene rings is 1. The van der Waals surface area contributed by atoms with Crippen LogP contribution >= 0.6 is 0 Å². The average Bonchev–Trinajstić information content (AvgIpc) is 2.43. The first-order valence-corrected chi connectivity index (χ1v) is 5.56. The SMILES string of the molecule is CCC(Nc1ccc(C#N)cc1[N+](=O)[O-])C(=O)OC. The van der Waals surface area contributed by atoms with Gasteiger partial charge in [-0.25, -0.2) is 4.79 Å². The van der Waals surface area contributed by atoms with Crippen LogP contribution in [0.25, 0.3) is 0 Å². The molecule has 0 spiro atoms. The Bertz CT molecular complexity index is 536. The Kier molecular flexibility index (Phi) is 4.83. The van der Waals surface area contributed by atoms with Crippen LogP contribution in [0, 0.1) is 21.4 Å². The predicted molar refractivity (Wildman–Crippen MR) is 67.5 cm³/mol. The van der Waals surface area contributed by atoms with E-state index in [0.29, 0.717) is 6.42 Å². The number of nitrogens with zero attached hydrogens (tertiary/aromatic N) is 2. The summed E-state index contributed by atoms with van der Waals surface area (Å²) in [5.74, 6) is -0.499. The summed E-state index contributed by atoms with van der Waals surface area (Å²) in [7, 11) is 1.25. The number of hydrogen-bond donors (Lipinski definition) is 1. The number of carbonyl (C=O) groups excluding carboxylic acids is 1. The molecule has 0 aliphatic rings. The molecule has 1 aromatic rings. The topological polar surface area (TPSA) is 105 Å². The number of hydrogen-bond acceptors (Lipinski definition) is 6. The summed E-state index contributed by atoms with van der Waals surface area (Å²) in [6.07, 6.45) is 0.420. The van der Waals surface area contributed by atoms with Gasteiger partial charge >= 0.3 is 5.97 Å². The number of methoxy groups -OCH3 is 1. The van der Waals surface area contributed by atoms with Gasteiger partial charge in [-0.1, -0.05) is 6.92 Å². The van der Waals surface area contributed by atoms with Crippen molar-refractivity contribution in [3.05, 3.63) is 33.9 Å². The van der Waals surface area contributed by atoms with E-state index in [2.05, 4.69) is 10.1 Å². The molecule has 0 aliphatic heterocycles. The van der Waals surface area contributed by atoms with Crippen LogP contribution < -0.4 is 5.32 Å². The van der Waals surface area contributed by atoms with Gasteiger partial charge in [-0.05, 0) is 18.6 Å². The van der Waals surface area contributed by atoms with Crippen LogP contribution in [0.1, 0.15) is 18.9 Å². The first-order chi connectivity index (χ1) is 9.03. The maximum absolute atomic E-state index is 11.4. The van der Waals surface area contributed by atoms with Gasteiger partial charge in [-0.15, -0.1) is 0 Å². The Morgan fingerprint density at radius 2 is 2.32 bits per heavy atom. The summed E-state index contributed by atoms with van der Waals surface area (Å²) < 4.78 is 4.60. The Balaban J connectivity index is 3.10. The summed E-state index contributed by atoms with van der Waals surface area (Å²) in [5, 5.41) is 22.4. The van der Waals surface area contributed by atoms with Crippen molar-refractivity contribution in [2.24, 2.45) is 0 Å². The molecule has 1 atom stereocenters. The van der Waals surface area contributed by atoms with E-state index in [4.69, 9.17) is 5.26 Å².